The summed E-state index contributed by atoms with van der Waals surface area (Å²) in [4.78, 5) is 12.6. The maximum Gasteiger partial charge on any atom is 0.250 e. The Bertz CT molecular complexity index is 1030. The zero-order chi connectivity index (χ0) is 19.9. The largest absolute Gasteiger partial charge is 0.497 e. The molecule has 1 saturated heterocycles. The molecule has 2 bridgehead atoms. The van der Waals surface area contributed by atoms with Crippen LogP contribution in [0.25, 0.3) is 11.1 Å². The standard InChI is InChI=1S/C21H26N2O4S/c1-3-10-28(25,26)22-12-15-11-17(14-22)21-19(8-9-20(24)23(21)13-15)16-4-6-18(27-2)7-5-16/h4-9,15,17H,3,10-14H2,1-2H3/t15-,17+/m0/s1. The first-order valence-corrected chi connectivity index (χ1v) is 11.4. The molecule has 0 radical (unpaired) electrons. The predicted octanol–water partition coefficient (Wildman–Crippen LogP) is 2.68. The van der Waals surface area contributed by atoms with Gasteiger partial charge in [-0.05, 0) is 42.5 Å². The van der Waals surface area contributed by atoms with E-state index in [9.17, 15) is 13.2 Å². The van der Waals surface area contributed by atoms with Crippen molar-refractivity contribution in [1.29, 1.82) is 0 Å². The number of hydrogen-bond donors (Lipinski definition) is 0. The van der Waals surface area contributed by atoms with E-state index in [0.717, 1.165) is 29.0 Å². The topological polar surface area (TPSA) is 68.6 Å². The summed E-state index contributed by atoms with van der Waals surface area (Å²) in [5.74, 6) is 1.17. The predicted molar refractivity (Wildman–Crippen MR) is 109 cm³/mol. The molecule has 0 N–H and O–H groups in total. The summed E-state index contributed by atoms with van der Waals surface area (Å²) in [6.07, 6.45) is 1.53. The maximum atomic E-state index is 12.7. The minimum absolute atomic E-state index is 0.00757. The molecule has 4 rings (SSSR count). The number of methoxy groups -OCH3 is 1. The molecule has 150 valence electrons. The van der Waals surface area contributed by atoms with Crippen molar-refractivity contribution in [2.45, 2.75) is 32.2 Å². The van der Waals surface area contributed by atoms with Crippen LogP contribution >= 0.6 is 0 Å². The van der Waals surface area contributed by atoms with Crippen LogP contribution in [0.4, 0.5) is 0 Å². The van der Waals surface area contributed by atoms with Gasteiger partial charge in [0.2, 0.25) is 10.0 Å². The molecule has 28 heavy (non-hydrogen) atoms. The zero-order valence-corrected chi connectivity index (χ0v) is 17.1. The van der Waals surface area contributed by atoms with Gasteiger partial charge in [-0.1, -0.05) is 19.1 Å². The number of rotatable bonds is 5. The number of fused-ring (bicyclic) bond motifs is 4. The number of hydrogen-bond acceptors (Lipinski definition) is 4. The van der Waals surface area contributed by atoms with Crippen molar-refractivity contribution >= 4 is 10.0 Å². The van der Waals surface area contributed by atoms with E-state index >= 15 is 0 Å². The Labute approximate surface area is 165 Å². The zero-order valence-electron chi connectivity index (χ0n) is 16.3. The van der Waals surface area contributed by atoms with Gasteiger partial charge in [-0.25, -0.2) is 12.7 Å². The second kappa shape index (κ2) is 7.37. The lowest BCUT2D eigenvalue weighted by molar-refractivity contribution is 0.187. The fourth-order valence-corrected chi connectivity index (χ4v) is 6.22. The quantitative estimate of drug-likeness (QED) is 0.771. The summed E-state index contributed by atoms with van der Waals surface area (Å²) in [5.41, 5.74) is 2.97. The van der Waals surface area contributed by atoms with Crippen molar-refractivity contribution < 1.29 is 13.2 Å². The molecule has 0 unspecified atom stereocenters. The van der Waals surface area contributed by atoms with Crippen LogP contribution in [0.5, 0.6) is 5.75 Å². The van der Waals surface area contributed by atoms with Crippen LogP contribution in [0.1, 0.15) is 31.4 Å². The number of aromatic nitrogens is 1. The van der Waals surface area contributed by atoms with E-state index in [0.29, 0.717) is 26.1 Å². The SMILES string of the molecule is CCCS(=O)(=O)N1C[C@@H]2C[C@H](C1)c1c(-c3ccc(OC)cc3)ccc(=O)n1C2. The molecule has 6 nitrogen and oxygen atoms in total. The average Bonchev–Trinajstić information content (AvgIpc) is 2.69. The van der Waals surface area contributed by atoms with Crippen LogP contribution in [0.2, 0.25) is 0 Å². The third kappa shape index (κ3) is 3.37. The Morgan fingerprint density at radius 1 is 1.07 bits per heavy atom. The number of pyridine rings is 1. The highest BCUT2D eigenvalue weighted by atomic mass is 32.2. The molecular weight excluding hydrogens is 376 g/mol. The smallest absolute Gasteiger partial charge is 0.250 e. The molecule has 0 saturated carbocycles. The highest BCUT2D eigenvalue weighted by Gasteiger charge is 2.39. The maximum absolute atomic E-state index is 12.7. The van der Waals surface area contributed by atoms with Gasteiger partial charge in [-0.2, -0.15) is 0 Å². The van der Waals surface area contributed by atoms with Crippen LogP contribution in [0.3, 0.4) is 0 Å². The summed E-state index contributed by atoms with van der Waals surface area (Å²) in [7, 11) is -1.61. The van der Waals surface area contributed by atoms with E-state index in [-0.39, 0.29) is 23.1 Å². The van der Waals surface area contributed by atoms with E-state index < -0.39 is 10.0 Å². The Kier molecular flexibility index (Phi) is 5.05. The van der Waals surface area contributed by atoms with Crippen molar-refractivity contribution in [3.05, 3.63) is 52.4 Å². The van der Waals surface area contributed by atoms with Gasteiger partial charge in [0, 0.05) is 42.9 Å². The molecule has 7 heteroatoms. The highest BCUT2D eigenvalue weighted by Crippen LogP contribution is 2.40. The highest BCUT2D eigenvalue weighted by molar-refractivity contribution is 7.89. The second-order valence-corrected chi connectivity index (χ2v) is 9.83. The Morgan fingerprint density at radius 3 is 2.50 bits per heavy atom. The molecule has 0 aliphatic carbocycles. The Hall–Kier alpha value is -2.12. The second-order valence-electron chi connectivity index (χ2n) is 7.74. The first kappa shape index (κ1) is 19.2. The minimum Gasteiger partial charge on any atom is -0.497 e. The summed E-state index contributed by atoms with van der Waals surface area (Å²) in [6.45, 7) is 3.43. The van der Waals surface area contributed by atoms with Crippen LogP contribution in [0.15, 0.2) is 41.2 Å². The molecule has 3 heterocycles. The van der Waals surface area contributed by atoms with Gasteiger partial charge in [0.15, 0.2) is 0 Å². The lowest BCUT2D eigenvalue weighted by atomic mass is 9.81. The van der Waals surface area contributed by atoms with Gasteiger partial charge >= 0.3 is 0 Å². The van der Waals surface area contributed by atoms with E-state index in [1.807, 2.05) is 41.8 Å². The summed E-state index contributed by atoms with van der Waals surface area (Å²) >= 11 is 0. The third-order valence-electron chi connectivity index (χ3n) is 5.81. The van der Waals surface area contributed by atoms with Gasteiger partial charge in [-0.15, -0.1) is 0 Å². The normalized spacial score (nSPS) is 21.9. The number of ether oxygens (including phenoxy) is 1. The number of piperidine rings is 1. The monoisotopic (exact) mass is 402 g/mol. The Morgan fingerprint density at radius 2 is 1.82 bits per heavy atom. The molecule has 1 fully saturated rings. The Balaban J connectivity index is 1.77. The molecule has 2 aromatic rings. The van der Waals surface area contributed by atoms with Gasteiger partial charge in [0.25, 0.3) is 5.56 Å². The first-order valence-electron chi connectivity index (χ1n) is 9.79. The molecular formula is C21H26N2O4S. The van der Waals surface area contributed by atoms with Gasteiger partial charge in [0.05, 0.1) is 12.9 Å². The van der Waals surface area contributed by atoms with Gasteiger partial charge in [-0.3, -0.25) is 4.79 Å². The fourth-order valence-electron chi connectivity index (χ4n) is 4.60. The number of sulfonamides is 1. The van der Waals surface area contributed by atoms with Crippen LogP contribution in [-0.4, -0.2) is 43.2 Å². The van der Waals surface area contributed by atoms with Gasteiger partial charge in [0.1, 0.15) is 5.75 Å². The summed E-state index contributed by atoms with van der Waals surface area (Å²) in [6, 6.07) is 11.3. The van der Waals surface area contributed by atoms with E-state index in [1.165, 1.54) is 0 Å². The van der Waals surface area contributed by atoms with Crippen LogP contribution in [-0.2, 0) is 16.6 Å². The molecule has 1 aromatic carbocycles. The molecule has 1 aromatic heterocycles. The molecule has 0 amide bonds. The van der Waals surface area contributed by atoms with Gasteiger partial charge < -0.3 is 9.30 Å². The molecule has 0 spiro atoms. The lowest BCUT2D eigenvalue weighted by Gasteiger charge is -2.43. The van der Waals surface area contributed by atoms with Crippen molar-refractivity contribution in [1.82, 2.24) is 8.87 Å². The summed E-state index contributed by atoms with van der Waals surface area (Å²) in [5, 5.41) is 0. The van der Waals surface area contributed by atoms with Crippen LogP contribution in [0, 0.1) is 5.92 Å². The lowest BCUT2D eigenvalue weighted by Crippen LogP contribution is -2.49. The minimum atomic E-state index is -3.25. The third-order valence-corrected chi connectivity index (χ3v) is 7.82. The van der Waals surface area contributed by atoms with Crippen molar-refractivity contribution in [2.24, 2.45) is 5.92 Å². The summed E-state index contributed by atoms with van der Waals surface area (Å²) < 4.78 is 34.1. The first-order chi connectivity index (χ1) is 13.4. The number of benzene rings is 1. The van der Waals surface area contributed by atoms with Crippen molar-refractivity contribution in [3.8, 4) is 16.9 Å². The van der Waals surface area contributed by atoms with E-state index in [2.05, 4.69) is 0 Å². The fraction of sp³-hybridized carbons (Fsp3) is 0.476. The average molecular weight is 403 g/mol. The van der Waals surface area contributed by atoms with Crippen molar-refractivity contribution in [2.75, 3.05) is 26.0 Å². The molecule has 2 aliphatic rings. The molecule has 2 atom stereocenters. The van der Waals surface area contributed by atoms with Crippen LogP contribution < -0.4 is 10.3 Å². The van der Waals surface area contributed by atoms with E-state index in [4.69, 9.17) is 4.74 Å². The van der Waals surface area contributed by atoms with E-state index in [1.54, 1.807) is 17.5 Å². The number of nitrogens with zero attached hydrogens (tertiary/aromatic N) is 2. The van der Waals surface area contributed by atoms with Crippen molar-refractivity contribution in [3.63, 3.8) is 0 Å². The molecule has 2 aliphatic heterocycles.